The van der Waals surface area contributed by atoms with E-state index in [0.717, 1.165) is 24.1 Å². The van der Waals surface area contributed by atoms with Gasteiger partial charge in [-0.15, -0.1) is 12.4 Å². The van der Waals surface area contributed by atoms with E-state index in [1.165, 1.54) is 5.56 Å². The molecule has 2 aromatic rings. The number of amides is 2. The third-order valence-electron chi connectivity index (χ3n) is 4.52. The van der Waals surface area contributed by atoms with Crippen LogP contribution in [0.1, 0.15) is 24.0 Å². The summed E-state index contributed by atoms with van der Waals surface area (Å²) in [6, 6.07) is 15.5. The summed E-state index contributed by atoms with van der Waals surface area (Å²) < 4.78 is 0. The molecule has 138 valence electrons. The minimum Gasteiger partial charge on any atom is -0.399 e. The van der Waals surface area contributed by atoms with Crippen molar-refractivity contribution in [3.63, 3.8) is 0 Å². The maximum absolute atomic E-state index is 12.5. The summed E-state index contributed by atoms with van der Waals surface area (Å²) in [5.41, 5.74) is 9.67. The molecule has 2 amide bonds. The molecular weight excluding hydrogens is 350 g/mol. The van der Waals surface area contributed by atoms with E-state index >= 15 is 0 Å². The third kappa shape index (κ3) is 4.76. The van der Waals surface area contributed by atoms with Crippen molar-refractivity contribution in [1.29, 1.82) is 0 Å². The van der Waals surface area contributed by atoms with Gasteiger partial charge in [0.1, 0.15) is 0 Å². The van der Waals surface area contributed by atoms with Crippen molar-refractivity contribution < 1.29 is 9.59 Å². The number of carbonyl (C=O) groups excluding carboxylic acids is 2. The van der Waals surface area contributed by atoms with Gasteiger partial charge in [-0.05, 0) is 42.5 Å². The van der Waals surface area contributed by atoms with Crippen LogP contribution in [0.3, 0.4) is 0 Å². The summed E-state index contributed by atoms with van der Waals surface area (Å²) in [5.74, 6) is -0.207. The van der Waals surface area contributed by atoms with Crippen molar-refractivity contribution in [3.05, 3.63) is 59.7 Å². The second-order valence-corrected chi connectivity index (χ2v) is 6.25. The van der Waals surface area contributed by atoms with Crippen LogP contribution >= 0.6 is 12.4 Å². The van der Waals surface area contributed by atoms with Gasteiger partial charge in [0, 0.05) is 24.3 Å². The van der Waals surface area contributed by atoms with Crippen LogP contribution in [-0.4, -0.2) is 24.9 Å². The number of anilines is 2. The number of hydrogen-bond donors (Lipinski definition) is 2. The molecule has 0 saturated heterocycles. The zero-order valence-corrected chi connectivity index (χ0v) is 15.4. The van der Waals surface area contributed by atoms with Gasteiger partial charge >= 0.3 is 0 Å². The highest BCUT2D eigenvalue weighted by Gasteiger charge is 2.22. The average molecular weight is 374 g/mol. The Morgan fingerprint density at radius 1 is 1.08 bits per heavy atom. The lowest BCUT2D eigenvalue weighted by molar-refractivity contribution is -0.125. The fraction of sp³-hybridized carbons (Fsp3) is 0.300. The molecular formula is C20H24ClN3O2. The highest BCUT2D eigenvalue weighted by Crippen LogP contribution is 2.26. The number of carbonyl (C=O) groups is 2. The molecule has 0 radical (unpaired) electrons. The first-order valence-electron chi connectivity index (χ1n) is 8.63. The van der Waals surface area contributed by atoms with Gasteiger partial charge in [-0.3, -0.25) is 9.59 Å². The number of rotatable bonds is 5. The highest BCUT2D eigenvalue weighted by atomic mass is 35.5. The SMILES string of the molecule is Cl.Nc1ccccc1CCC(=O)NCC(=O)N1CCCc2ccccc21. The van der Waals surface area contributed by atoms with E-state index in [9.17, 15) is 9.59 Å². The lowest BCUT2D eigenvalue weighted by Crippen LogP contribution is -2.42. The normalized spacial score (nSPS) is 12.7. The summed E-state index contributed by atoms with van der Waals surface area (Å²) in [4.78, 5) is 26.3. The van der Waals surface area contributed by atoms with Crippen LogP contribution in [0.2, 0.25) is 0 Å². The monoisotopic (exact) mass is 373 g/mol. The molecule has 1 heterocycles. The predicted octanol–water partition coefficient (Wildman–Crippen LogP) is 2.72. The Morgan fingerprint density at radius 2 is 1.81 bits per heavy atom. The molecule has 0 atom stereocenters. The summed E-state index contributed by atoms with van der Waals surface area (Å²) >= 11 is 0. The number of hydrogen-bond acceptors (Lipinski definition) is 3. The maximum atomic E-state index is 12.5. The van der Waals surface area contributed by atoms with Crippen LogP contribution in [0.25, 0.3) is 0 Å². The number of aryl methyl sites for hydroxylation is 2. The van der Waals surface area contributed by atoms with Gasteiger partial charge in [-0.1, -0.05) is 36.4 Å². The summed E-state index contributed by atoms with van der Waals surface area (Å²) in [7, 11) is 0. The number of para-hydroxylation sites is 2. The van der Waals surface area contributed by atoms with Crippen molar-refractivity contribution in [1.82, 2.24) is 5.32 Å². The van der Waals surface area contributed by atoms with E-state index in [1.807, 2.05) is 42.5 Å². The first-order valence-corrected chi connectivity index (χ1v) is 8.63. The molecule has 0 aromatic heterocycles. The van der Waals surface area contributed by atoms with E-state index in [0.29, 0.717) is 25.1 Å². The van der Waals surface area contributed by atoms with Crippen LogP contribution in [0.15, 0.2) is 48.5 Å². The van der Waals surface area contributed by atoms with E-state index in [1.54, 1.807) is 4.90 Å². The van der Waals surface area contributed by atoms with Gasteiger partial charge in [0.05, 0.1) is 6.54 Å². The number of nitrogens with one attached hydrogen (secondary N) is 1. The van der Waals surface area contributed by atoms with Gasteiger partial charge in [-0.25, -0.2) is 0 Å². The summed E-state index contributed by atoms with van der Waals surface area (Å²) in [6.07, 6.45) is 2.83. The molecule has 2 aromatic carbocycles. The Labute approximate surface area is 160 Å². The third-order valence-corrected chi connectivity index (χ3v) is 4.52. The smallest absolute Gasteiger partial charge is 0.246 e. The molecule has 1 aliphatic heterocycles. The van der Waals surface area contributed by atoms with Crippen molar-refractivity contribution >= 4 is 35.6 Å². The molecule has 0 unspecified atom stereocenters. The van der Waals surface area contributed by atoms with Gasteiger partial charge in [0.2, 0.25) is 11.8 Å². The average Bonchev–Trinajstić information content (AvgIpc) is 2.65. The molecule has 0 bridgehead atoms. The van der Waals surface area contributed by atoms with Gasteiger partial charge in [-0.2, -0.15) is 0 Å². The van der Waals surface area contributed by atoms with Crippen molar-refractivity contribution in [2.45, 2.75) is 25.7 Å². The zero-order chi connectivity index (χ0) is 17.6. The number of halogens is 1. The van der Waals surface area contributed by atoms with Crippen LogP contribution in [0.4, 0.5) is 11.4 Å². The molecule has 0 aliphatic carbocycles. The van der Waals surface area contributed by atoms with Gasteiger partial charge in [0.25, 0.3) is 0 Å². The van der Waals surface area contributed by atoms with Crippen LogP contribution in [0, 0.1) is 0 Å². The van der Waals surface area contributed by atoms with Crippen LogP contribution < -0.4 is 16.0 Å². The molecule has 6 heteroatoms. The fourth-order valence-corrected chi connectivity index (χ4v) is 3.16. The molecule has 1 aliphatic rings. The van der Waals surface area contributed by atoms with Gasteiger partial charge in [0.15, 0.2) is 0 Å². The van der Waals surface area contributed by atoms with Crippen molar-refractivity contribution in [2.75, 3.05) is 23.7 Å². The van der Waals surface area contributed by atoms with E-state index in [2.05, 4.69) is 11.4 Å². The molecule has 26 heavy (non-hydrogen) atoms. The minimum absolute atomic E-state index is 0. The molecule has 0 saturated carbocycles. The fourth-order valence-electron chi connectivity index (χ4n) is 3.16. The first kappa shape index (κ1) is 19.8. The molecule has 3 rings (SSSR count). The summed E-state index contributed by atoms with van der Waals surface area (Å²) in [6.45, 7) is 0.726. The number of nitrogens with two attached hydrogens (primary N) is 1. The van der Waals surface area contributed by atoms with E-state index in [-0.39, 0.29) is 30.8 Å². The van der Waals surface area contributed by atoms with Crippen LogP contribution in [0.5, 0.6) is 0 Å². The topological polar surface area (TPSA) is 75.4 Å². The van der Waals surface area contributed by atoms with E-state index < -0.39 is 0 Å². The largest absolute Gasteiger partial charge is 0.399 e. The molecule has 3 N–H and O–H groups in total. The lowest BCUT2D eigenvalue weighted by Gasteiger charge is -2.29. The van der Waals surface area contributed by atoms with Crippen LogP contribution in [-0.2, 0) is 22.4 Å². The van der Waals surface area contributed by atoms with Crippen molar-refractivity contribution in [3.8, 4) is 0 Å². The van der Waals surface area contributed by atoms with Crippen molar-refractivity contribution in [2.24, 2.45) is 0 Å². The maximum Gasteiger partial charge on any atom is 0.246 e. The lowest BCUT2D eigenvalue weighted by atomic mass is 10.0. The molecule has 5 nitrogen and oxygen atoms in total. The minimum atomic E-state index is -0.137. The standard InChI is InChI=1S/C20H23N3O2.ClH/c21-17-9-3-1-6-15(17)11-12-19(24)22-14-20(25)23-13-5-8-16-7-2-4-10-18(16)23;/h1-4,6-7,9-10H,5,8,11-14,21H2,(H,22,24);1H. The summed E-state index contributed by atoms with van der Waals surface area (Å²) in [5, 5.41) is 2.73. The van der Waals surface area contributed by atoms with Gasteiger partial charge < -0.3 is 16.0 Å². The molecule has 0 fully saturated rings. The zero-order valence-electron chi connectivity index (χ0n) is 14.6. The quantitative estimate of drug-likeness (QED) is 0.791. The second kappa shape index (κ2) is 9.25. The number of nitrogens with zero attached hydrogens (tertiary/aromatic N) is 1. The Hall–Kier alpha value is -2.53. The highest BCUT2D eigenvalue weighted by molar-refractivity contribution is 5.97. The molecule has 0 spiro atoms. The Kier molecular flexibility index (Phi) is 7.04. The Bertz CT molecular complexity index is 779. The first-order chi connectivity index (χ1) is 12.1. The van der Waals surface area contributed by atoms with E-state index in [4.69, 9.17) is 5.73 Å². The number of benzene rings is 2. The predicted molar refractivity (Wildman–Crippen MR) is 107 cm³/mol. The second-order valence-electron chi connectivity index (χ2n) is 6.25. The Balaban J connectivity index is 0.00000243. The number of nitrogen functional groups attached to an aromatic ring is 1. The Morgan fingerprint density at radius 3 is 2.62 bits per heavy atom. The number of fused-ring (bicyclic) bond motifs is 1.